The summed E-state index contributed by atoms with van der Waals surface area (Å²) >= 11 is 0. The second-order valence-electron chi connectivity index (χ2n) is 4.87. The van der Waals surface area contributed by atoms with E-state index in [1.165, 1.54) is 21.3 Å². The van der Waals surface area contributed by atoms with Crippen molar-refractivity contribution in [3.8, 4) is 45.9 Å². The monoisotopic (exact) mass is 328 g/mol. The highest BCUT2D eigenvalue weighted by molar-refractivity contribution is 5.66. The average molecular weight is 328 g/mol. The number of aromatic nitrogens is 2. The fourth-order valence-corrected chi connectivity index (χ4v) is 2.27. The number of aromatic hydroxyl groups is 1. The third-order valence-electron chi connectivity index (χ3n) is 3.45. The van der Waals surface area contributed by atoms with Gasteiger partial charge in [0.2, 0.25) is 17.5 Å². The maximum Gasteiger partial charge on any atom is 0.248 e. The molecule has 0 saturated carbocycles. The van der Waals surface area contributed by atoms with Crippen LogP contribution in [0.25, 0.3) is 22.9 Å². The molecule has 3 rings (SSSR count). The molecule has 0 aliphatic rings. The quantitative estimate of drug-likeness (QED) is 0.770. The smallest absolute Gasteiger partial charge is 0.248 e. The van der Waals surface area contributed by atoms with E-state index in [0.717, 1.165) is 0 Å². The summed E-state index contributed by atoms with van der Waals surface area (Å²) in [7, 11) is 4.61. The summed E-state index contributed by atoms with van der Waals surface area (Å²) in [6.07, 6.45) is 0. The summed E-state index contributed by atoms with van der Waals surface area (Å²) < 4.78 is 21.7. The van der Waals surface area contributed by atoms with Gasteiger partial charge in [0.25, 0.3) is 0 Å². The number of methoxy groups -OCH3 is 3. The molecule has 0 unspecified atom stereocenters. The van der Waals surface area contributed by atoms with Crippen molar-refractivity contribution in [1.82, 2.24) is 10.2 Å². The number of phenolic OH excluding ortho intramolecular Hbond substituents is 1. The maximum atomic E-state index is 9.35. The molecule has 3 aromatic rings. The minimum atomic E-state index is 0.170. The Morgan fingerprint density at radius 1 is 0.792 bits per heavy atom. The van der Waals surface area contributed by atoms with E-state index in [0.29, 0.717) is 40.2 Å². The number of nitrogens with zero attached hydrogens (tertiary/aromatic N) is 2. The van der Waals surface area contributed by atoms with Crippen molar-refractivity contribution >= 4 is 0 Å². The number of ether oxygens (including phenoxy) is 3. The zero-order chi connectivity index (χ0) is 17.1. The third kappa shape index (κ3) is 2.83. The molecular weight excluding hydrogens is 312 g/mol. The van der Waals surface area contributed by atoms with Gasteiger partial charge in [0, 0.05) is 11.1 Å². The third-order valence-corrected chi connectivity index (χ3v) is 3.45. The molecule has 0 fully saturated rings. The lowest BCUT2D eigenvalue weighted by atomic mass is 10.2. The van der Waals surface area contributed by atoms with E-state index in [2.05, 4.69) is 10.2 Å². The van der Waals surface area contributed by atoms with Gasteiger partial charge in [-0.1, -0.05) is 0 Å². The van der Waals surface area contributed by atoms with Gasteiger partial charge in [0.15, 0.2) is 11.5 Å². The van der Waals surface area contributed by atoms with Crippen molar-refractivity contribution in [2.45, 2.75) is 0 Å². The molecule has 1 N–H and O–H groups in total. The van der Waals surface area contributed by atoms with Crippen molar-refractivity contribution in [3.63, 3.8) is 0 Å². The lowest BCUT2D eigenvalue weighted by Crippen LogP contribution is -1.95. The van der Waals surface area contributed by atoms with Crippen LogP contribution in [0.5, 0.6) is 23.0 Å². The molecule has 0 radical (unpaired) electrons. The molecule has 2 aromatic carbocycles. The number of hydrogen-bond acceptors (Lipinski definition) is 7. The number of rotatable bonds is 5. The fraction of sp³-hybridized carbons (Fsp3) is 0.176. The Bertz CT molecular complexity index is 817. The van der Waals surface area contributed by atoms with E-state index >= 15 is 0 Å². The number of hydrogen-bond donors (Lipinski definition) is 1. The van der Waals surface area contributed by atoms with E-state index < -0.39 is 0 Å². The van der Waals surface area contributed by atoms with Gasteiger partial charge in [-0.2, -0.15) is 0 Å². The van der Waals surface area contributed by atoms with Gasteiger partial charge in [-0.05, 0) is 36.4 Å². The zero-order valence-corrected chi connectivity index (χ0v) is 13.4. The van der Waals surface area contributed by atoms with Gasteiger partial charge >= 0.3 is 0 Å². The van der Waals surface area contributed by atoms with E-state index in [9.17, 15) is 5.11 Å². The summed E-state index contributed by atoms with van der Waals surface area (Å²) in [6.45, 7) is 0. The predicted molar refractivity (Wildman–Crippen MR) is 86.5 cm³/mol. The van der Waals surface area contributed by atoms with Crippen LogP contribution in [0.4, 0.5) is 0 Å². The second-order valence-corrected chi connectivity index (χ2v) is 4.87. The average Bonchev–Trinajstić information content (AvgIpc) is 3.11. The van der Waals surface area contributed by atoms with Crippen LogP contribution in [-0.2, 0) is 0 Å². The Morgan fingerprint density at radius 2 is 1.33 bits per heavy atom. The van der Waals surface area contributed by atoms with Gasteiger partial charge in [-0.25, -0.2) is 0 Å². The molecule has 0 aliphatic heterocycles. The van der Waals surface area contributed by atoms with Crippen molar-refractivity contribution in [1.29, 1.82) is 0 Å². The summed E-state index contributed by atoms with van der Waals surface area (Å²) in [5, 5.41) is 17.4. The molecule has 7 heteroatoms. The first-order valence-corrected chi connectivity index (χ1v) is 7.09. The van der Waals surface area contributed by atoms with Crippen LogP contribution in [0, 0.1) is 0 Å². The first kappa shape index (κ1) is 15.7. The summed E-state index contributed by atoms with van der Waals surface area (Å²) in [4.78, 5) is 0. The standard InChI is InChI=1S/C17H16N2O5/c1-21-13-8-11(9-14(22-2)15(13)23-3)17-19-18-16(24-17)10-4-6-12(20)7-5-10/h4-9,20H,1-3H3. The normalized spacial score (nSPS) is 10.5. The van der Waals surface area contributed by atoms with E-state index in [1.54, 1.807) is 36.4 Å². The van der Waals surface area contributed by atoms with Crippen molar-refractivity contribution in [2.24, 2.45) is 0 Å². The largest absolute Gasteiger partial charge is 0.508 e. The fourth-order valence-electron chi connectivity index (χ4n) is 2.27. The molecule has 124 valence electrons. The minimum absolute atomic E-state index is 0.170. The zero-order valence-electron chi connectivity index (χ0n) is 13.4. The lowest BCUT2D eigenvalue weighted by molar-refractivity contribution is 0.324. The van der Waals surface area contributed by atoms with E-state index in [1.807, 2.05) is 0 Å². The van der Waals surface area contributed by atoms with Gasteiger partial charge in [0.1, 0.15) is 5.75 Å². The maximum absolute atomic E-state index is 9.35. The Balaban J connectivity index is 2.02. The Hall–Kier alpha value is -3.22. The van der Waals surface area contributed by atoms with E-state index in [4.69, 9.17) is 18.6 Å². The molecule has 0 saturated heterocycles. The predicted octanol–water partition coefficient (Wildman–Crippen LogP) is 3.14. The molecule has 1 aromatic heterocycles. The van der Waals surface area contributed by atoms with E-state index in [-0.39, 0.29) is 5.75 Å². The highest BCUT2D eigenvalue weighted by atomic mass is 16.5. The van der Waals surface area contributed by atoms with Crippen LogP contribution >= 0.6 is 0 Å². The van der Waals surface area contributed by atoms with Crippen LogP contribution in [0.1, 0.15) is 0 Å². The molecule has 0 bridgehead atoms. The van der Waals surface area contributed by atoms with Crippen LogP contribution in [-0.4, -0.2) is 36.6 Å². The first-order chi connectivity index (χ1) is 11.7. The van der Waals surface area contributed by atoms with Crippen molar-refractivity contribution < 1.29 is 23.7 Å². The molecule has 0 amide bonds. The summed E-state index contributed by atoms with van der Waals surface area (Å²) in [5.74, 6) is 2.31. The van der Waals surface area contributed by atoms with Gasteiger partial charge < -0.3 is 23.7 Å². The molecule has 0 atom stereocenters. The van der Waals surface area contributed by atoms with Crippen LogP contribution in [0.3, 0.4) is 0 Å². The highest BCUT2D eigenvalue weighted by Crippen LogP contribution is 2.41. The Labute approximate surface area is 138 Å². The molecular formula is C17H16N2O5. The topological polar surface area (TPSA) is 86.8 Å². The Kier molecular flexibility index (Phi) is 4.24. The Morgan fingerprint density at radius 3 is 1.83 bits per heavy atom. The number of phenols is 1. The van der Waals surface area contributed by atoms with Crippen molar-refractivity contribution in [2.75, 3.05) is 21.3 Å². The molecule has 1 heterocycles. The van der Waals surface area contributed by atoms with Crippen LogP contribution in [0.15, 0.2) is 40.8 Å². The highest BCUT2D eigenvalue weighted by Gasteiger charge is 2.18. The lowest BCUT2D eigenvalue weighted by Gasteiger charge is -2.12. The van der Waals surface area contributed by atoms with Gasteiger partial charge in [-0.15, -0.1) is 10.2 Å². The summed E-state index contributed by atoms with van der Waals surface area (Å²) in [5.41, 5.74) is 1.35. The van der Waals surface area contributed by atoms with Gasteiger partial charge in [-0.3, -0.25) is 0 Å². The minimum Gasteiger partial charge on any atom is -0.508 e. The number of benzene rings is 2. The van der Waals surface area contributed by atoms with Crippen molar-refractivity contribution in [3.05, 3.63) is 36.4 Å². The summed E-state index contributed by atoms with van der Waals surface area (Å²) in [6, 6.07) is 9.96. The van der Waals surface area contributed by atoms with Crippen LogP contribution in [0.2, 0.25) is 0 Å². The molecule has 0 aliphatic carbocycles. The van der Waals surface area contributed by atoms with Gasteiger partial charge in [0.05, 0.1) is 21.3 Å². The first-order valence-electron chi connectivity index (χ1n) is 7.09. The molecule has 24 heavy (non-hydrogen) atoms. The SMILES string of the molecule is COc1cc(-c2nnc(-c3ccc(O)cc3)o2)cc(OC)c1OC. The molecule has 0 spiro atoms. The van der Waals surface area contributed by atoms with Crippen LogP contribution < -0.4 is 14.2 Å². The second kappa shape index (κ2) is 6.49. The molecule has 7 nitrogen and oxygen atoms in total.